The number of carbonyl (C=O) groups is 3. The van der Waals surface area contributed by atoms with Gasteiger partial charge < -0.3 is 165 Å². The van der Waals surface area contributed by atoms with Crippen LogP contribution in [0.2, 0.25) is 0 Å². The van der Waals surface area contributed by atoms with E-state index < -0.39 is 227 Å². The highest BCUT2D eigenvalue weighted by molar-refractivity contribution is 5.86. The summed E-state index contributed by atoms with van der Waals surface area (Å²) in [5.74, 6) is -1.56. The Morgan fingerprint density at radius 3 is 1.05 bits per heavy atom. The molecular formula is C43H86Cl6N10O25. The molecular weight excluding hydrogens is 1270 g/mol. The van der Waals surface area contributed by atoms with Crippen LogP contribution in [0, 0.1) is 0 Å². The molecule has 6 rings (SSSR count). The van der Waals surface area contributed by atoms with Crippen LogP contribution in [-0.2, 0) is 47.5 Å². The van der Waals surface area contributed by atoms with Gasteiger partial charge in [0.05, 0.1) is 25.3 Å². The molecule has 2 aliphatic carbocycles. The second kappa shape index (κ2) is 37.2. The molecule has 4 saturated heterocycles. The third kappa shape index (κ3) is 19.4. The average Bonchev–Trinajstić information content (AvgIpc) is 3.32. The first-order valence-electron chi connectivity index (χ1n) is 25.5. The van der Waals surface area contributed by atoms with Crippen molar-refractivity contribution in [3.05, 3.63) is 0 Å². The van der Waals surface area contributed by atoms with E-state index in [9.17, 15) is 85.9 Å². The van der Waals surface area contributed by atoms with E-state index in [-0.39, 0.29) is 113 Å². The highest BCUT2D eigenvalue weighted by Crippen LogP contribution is 2.34. The third-order valence-corrected chi connectivity index (χ3v) is 14.8. The summed E-state index contributed by atoms with van der Waals surface area (Å²) in [7, 11) is 0. The second-order valence-electron chi connectivity index (χ2n) is 20.3. The standard InChI is InChI=1S/C43H80N10O25.6ClH/c44-7-15-25(60)29(64)31(66)41(71-15)77-37-13(48)5-11(46)35(33(37)68)75-39-27(62)21(23(58)17(9-54)73-39)52-20(57)2-1-19(56)50-3-4-51-43(70)53-22-24(59)18(10-55)74-40(28(22)63)76-36-12(47)6-14(49)38(34(36)69)78-42-32(67)30(65)26(61)16(8-45)72-42;;;;;;/h11-18,21-42,54-55,58-69H,1-10,44-49H2,(H,50,56)(H,52,57)(H2,51,53,70);6*1H/t11-,12-,13+,14+,15-,16-,17-,18-,21+,22+,23-,24-,25-,26-,27-,28-,29+,30+,31-,32-,33-,34-,35+,36+,37-,38-,39-,40-,41-,42-;;;;;;/m1....../s1. The summed E-state index contributed by atoms with van der Waals surface area (Å²) in [4.78, 5) is 38.8. The Bertz CT molecular complexity index is 1950. The van der Waals surface area contributed by atoms with Crippen molar-refractivity contribution in [3.63, 3.8) is 0 Å². The molecule has 6 aliphatic rings. The normalized spacial score (nSPS) is 43.8. The van der Waals surface area contributed by atoms with Gasteiger partial charge in [0.2, 0.25) is 11.8 Å². The van der Waals surface area contributed by atoms with Gasteiger partial charge in [0, 0.05) is 63.2 Å². The molecule has 0 aromatic heterocycles. The minimum absolute atomic E-state index is 0. The van der Waals surface area contributed by atoms with Crippen LogP contribution in [0.4, 0.5) is 4.79 Å². The number of urea groups is 1. The van der Waals surface area contributed by atoms with Crippen molar-refractivity contribution in [3.8, 4) is 0 Å². The molecule has 84 heavy (non-hydrogen) atoms. The maximum atomic E-state index is 13.1. The molecule has 500 valence electrons. The molecule has 4 amide bonds. The van der Waals surface area contributed by atoms with E-state index in [0.717, 1.165) is 0 Å². The highest BCUT2D eigenvalue weighted by atomic mass is 35.5. The number of ether oxygens (including phenoxy) is 8. The van der Waals surface area contributed by atoms with Gasteiger partial charge in [-0.2, -0.15) is 0 Å². The molecule has 6 fully saturated rings. The van der Waals surface area contributed by atoms with Crippen molar-refractivity contribution in [2.75, 3.05) is 39.4 Å². The fourth-order valence-electron chi connectivity index (χ4n) is 10.2. The van der Waals surface area contributed by atoms with E-state index in [0.29, 0.717) is 0 Å². The van der Waals surface area contributed by atoms with Crippen molar-refractivity contribution >= 4 is 92.3 Å². The third-order valence-electron chi connectivity index (χ3n) is 14.8. The molecule has 0 bridgehead atoms. The van der Waals surface area contributed by atoms with Crippen LogP contribution in [0.5, 0.6) is 0 Å². The fourth-order valence-corrected chi connectivity index (χ4v) is 10.2. The number of rotatable bonds is 20. The molecule has 4 aliphatic heterocycles. The summed E-state index contributed by atoms with van der Waals surface area (Å²) in [6.07, 6.45) is -39.7. The van der Waals surface area contributed by atoms with Crippen molar-refractivity contribution in [1.29, 1.82) is 0 Å². The summed E-state index contributed by atoms with van der Waals surface area (Å²) in [6.45, 7) is -2.70. The Hall–Kier alpha value is -1.17. The smallest absolute Gasteiger partial charge is 0.315 e. The predicted molar refractivity (Wildman–Crippen MR) is 298 cm³/mol. The molecule has 4 heterocycles. The van der Waals surface area contributed by atoms with E-state index >= 15 is 0 Å². The Labute approximate surface area is 518 Å². The first kappa shape index (κ1) is 82.8. The van der Waals surface area contributed by atoms with Crippen LogP contribution >= 0.6 is 74.4 Å². The first-order valence-corrected chi connectivity index (χ1v) is 25.5. The van der Waals surface area contributed by atoms with Gasteiger partial charge in [-0.3, -0.25) is 9.59 Å². The lowest BCUT2D eigenvalue weighted by atomic mass is 9.84. The highest BCUT2D eigenvalue weighted by Gasteiger charge is 2.55. The minimum Gasteiger partial charge on any atom is -0.394 e. The second-order valence-corrected chi connectivity index (χ2v) is 20.3. The summed E-state index contributed by atoms with van der Waals surface area (Å²) in [5.41, 5.74) is 36.2. The van der Waals surface area contributed by atoms with Crippen LogP contribution in [0.15, 0.2) is 0 Å². The molecule has 0 aromatic rings. The maximum Gasteiger partial charge on any atom is 0.315 e. The summed E-state index contributed by atoms with van der Waals surface area (Å²) >= 11 is 0. The van der Waals surface area contributed by atoms with E-state index in [1.54, 1.807) is 0 Å². The Morgan fingerprint density at radius 1 is 0.393 bits per heavy atom. The van der Waals surface area contributed by atoms with Gasteiger partial charge in [-0.15, -0.1) is 74.4 Å². The minimum atomic E-state index is -1.89. The molecule has 30 N–H and O–H groups in total. The van der Waals surface area contributed by atoms with Crippen LogP contribution in [0.25, 0.3) is 0 Å². The zero-order valence-corrected chi connectivity index (χ0v) is 49.5. The molecule has 35 nitrogen and oxygen atoms in total. The molecule has 0 aromatic carbocycles. The Balaban J connectivity index is 0.0000115. The van der Waals surface area contributed by atoms with E-state index in [1.807, 2.05) is 0 Å². The van der Waals surface area contributed by atoms with Crippen LogP contribution < -0.4 is 55.7 Å². The average molecular weight is 1360 g/mol. The molecule has 30 atom stereocenters. The molecule has 41 heteroatoms. The van der Waals surface area contributed by atoms with Gasteiger partial charge in [-0.25, -0.2) is 4.79 Å². The summed E-state index contributed by atoms with van der Waals surface area (Å²) in [6, 6.07) is -8.26. The van der Waals surface area contributed by atoms with E-state index in [2.05, 4.69) is 21.3 Å². The monoisotopic (exact) mass is 1350 g/mol. The van der Waals surface area contributed by atoms with Crippen LogP contribution in [-0.4, -0.2) is 312 Å². The van der Waals surface area contributed by atoms with Crippen molar-refractivity contribution in [1.82, 2.24) is 21.3 Å². The zero-order valence-electron chi connectivity index (χ0n) is 44.6. The number of hydrogen-bond donors (Lipinski definition) is 24. The Morgan fingerprint density at radius 2 is 0.702 bits per heavy atom. The summed E-state index contributed by atoms with van der Waals surface area (Å²) in [5, 5.41) is 159. The largest absolute Gasteiger partial charge is 0.394 e. The lowest BCUT2D eigenvalue weighted by Crippen LogP contribution is -2.69. The van der Waals surface area contributed by atoms with E-state index in [4.69, 9.17) is 72.3 Å². The van der Waals surface area contributed by atoms with Gasteiger partial charge in [0.1, 0.15) is 122 Å². The van der Waals surface area contributed by atoms with Gasteiger partial charge in [0.15, 0.2) is 25.2 Å². The van der Waals surface area contributed by atoms with Crippen LogP contribution in [0.3, 0.4) is 0 Å². The number of nitrogens with one attached hydrogen (secondary N) is 4. The Kier molecular flexibility index (Phi) is 36.7. The molecule has 0 spiro atoms. The number of halogens is 6. The topological polar surface area (TPSA) is 613 Å². The lowest BCUT2D eigenvalue weighted by molar-refractivity contribution is -0.332. The SMILES string of the molecule is Cl.Cl.Cl.Cl.Cl.Cl.NC[C@H]1O[C@H](O[C@H]2[C@H](O)[C@@H](O[C@H]3O[C@H](CO)[C@@H](O)[C@H](NC(=O)CCC(=O)NCCNC(=O)N[C@@H]4[C@@H](O)[C@@H](O[C@@H]5[C@@H](O)[C@H](O[C@H]6O[C@H](CN)[C@@H](O)[C@H](O)[C@H]6O)[C@@H](N)C[C@H]5N)O[C@H](CO)[C@H]4O)[C@H]3O)[C@H](N)C[C@@H]2N)[C@H](O)[C@@H](O)[C@@H]1O. The van der Waals surface area contributed by atoms with Gasteiger partial charge in [-0.1, -0.05) is 0 Å². The number of hydrogen-bond acceptors (Lipinski definition) is 31. The molecule has 0 unspecified atom stereocenters. The van der Waals surface area contributed by atoms with Gasteiger partial charge in [0.25, 0.3) is 0 Å². The van der Waals surface area contributed by atoms with E-state index in [1.165, 1.54) is 0 Å². The number of aliphatic hydroxyl groups is 14. The number of aliphatic hydroxyl groups excluding tert-OH is 14. The van der Waals surface area contributed by atoms with Crippen molar-refractivity contribution in [2.45, 2.75) is 209 Å². The van der Waals surface area contributed by atoms with Crippen LogP contribution in [0.1, 0.15) is 25.7 Å². The van der Waals surface area contributed by atoms with Crippen molar-refractivity contribution in [2.24, 2.45) is 34.4 Å². The number of amides is 4. The maximum absolute atomic E-state index is 13.1. The zero-order chi connectivity index (χ0) is 57.6. The quantitative estimate of drug-likeness (QED) is 0.0503. The van der Waals surface area contributed by atoms with Crippen molar-refractivity contribution < 1.29 is 124 Å². The first-order chi connectivity index (χ1) is 36.9. The summed E-state index contributed by atoms with van der Waals surface area (Å²) < 4.78 is 45.5. The number of nitrogens with two attached hydrogens (primary N) is 6. The molecule has 2 saturated carbocycles. The molecule has 0 radical (unpaired) electrons. The lowest BCUT2D eigenvalue weighted by Gasteiger charge is -2.48. The number of carbonyl (C=O) groups excluding carboxylic acids is 3. The van der Waals surface area contributed by atoms with Gasteiger partial charge >= 0.3 is 6.03 Å². The fraction of sp³-hybridized carbons (Fsp3) is 0.930. The predicted octanol–water partition coefficient (Wildman–Crippen LogP) is -12.6. The van der Waals surface area contributed by atoms with Gasteiger partial charge in [-0.05, 0) is 12.8 Å².